The Labute approximate surface area is 177 Å². The molecule has 0 radical (unpaired) electrons. The molecule has 1 saturated carbocycles. The molecule has 0 spiro atoms. The van der Waals surface area contributed by atoms with Crippen LogP contribution in [0.15, 0.2) is 30.3 Å². The Morgan fingerprint density at radius 1 is 1.13 bits per heavy atom. The molecule has 1 fully saturated rings. The van der Waals surface area contributed by atoms with Gasteiger partial charge in [0.2, 0.25) is 0 Å². The van der Waals surface area contributed by atoms with Crippen molar-refractivity contribution in [2.24, 2.45) is 5.92 Å². The number of nitrogens with zero attached hydrogens (tertiary/aromatic N) is 3. The van der Waals surface area contributed by atoms with E-state index in [2.05, 4.69) is 29.3 Å². The molecule has 0 bridgehead atoms. The molecule has 0 N–H and O–H groups in total. The minimum atomic E-state index is -0.682. The lowest BCUT2D eigenvalue weighted by atomic mass is 9.80. The molecule has 2 aromatic rings. The fourth-order valence-electron chi connectivity index (χ4n) is 3.93. The van der Waals surface area contributed by atoms with Crippen LogP contribution in [0.1, 0.15) is 81.2 Å². The van der Waals surface area contributed by atoms with Crippen LogP contribution < -0.4 is 4.74 Å². The number of hydrogen-bond acceptors (Lipinski definition) is 5. The highest BCUT2D eigenvalue weighted by Gasteiger charge is 2.29. The Hall–Kier alpha value is -2.81. The normalized spacial score (nSPS) is 18.6. The molecule has 0 amide bonds. The molecule has 1 heterocycles. The van der Waals surface area contributed by atoms with Crippen molar-refractivity contribution in [3.05, 3.63) is 53.1 Å². The van der Waals surface area contributed by atoms with Crippen LogP contribution in [-0.4, -0.2) is 16.2 Å². The summed E-state index contributed by atoms with van der Waals surface area (Å²) in [6.07, 6.45) is 8.97. The van der Waals surface area contributed by atoms with Gasteiger partial charge in [-0.2, -0.15) is 15.5 Å². The first kappa shape index (κ1) is 21.9. The van der Waals surface area contributed by atoms with Crippen molar-refractivity contribution in [3.63, 3.8) is 0 Å². The van der Waals surface area contributed by atoms with Crippen LogP contribution in [0.5, 0.6) is 5.75 Å². The molecular formula is C24H28FN3O2. The van der Waals surface area contributed by atoms with E-state index in [9.17, 15) is 9.18 Å². The first-order valence-electron chi connectivity index (χ1n) is 10.8. The van der Waals surface area contributed by atoms with E-state index in [4.69, 9.17) is 10.00 Å². The molecule has 1 aliphatic carbocycles. The Kier molecular flexibility index (Phi) is 7.89. The van der Waals surface area contributed by atoms with Gasteiger partial charge in [0.15, 0.2) is 0 Å². The number of rotatable bonds is 8. The largest absolute Gasteiger partial charge is 0.426 e. The third-order valence-corrected chi connectivity index (χ3v) is 5.79. The van der Waals surface area contributed by atoms with Gasteiger partial charge in [0.1, 0.15) is 17.6 Å². The van der Waals surface area contributed by atoms with Gasteiger partial charge in [0.25, 0.3) is 0 Å². The number of hydrogen-bond donors (Lipinski definition) is 0. The number of carbonyl (C=O) groups excluding carboxylic acids is 1. The van der Waals surface area contributed by atoms with Gasteiger partial charge in [-0.15, -0.1) is 0 Å². The molecule has 158 valence electrons. The second kappa shape index (κ2) is 10.8. The van der Waals surface area contributed by atoms with Crippen LogP contribution in [0.3, 0.4) is 0 Å². The fourth-order valence-corrected chi connectivity index (χ4v) is 3.93. The molecule has 3 rings (SSSR count). The number of aromatic nitrogens is 2. The van der Waals surface area contributed by atoms with E-state index >= 15 is 0 Å². The summed E-state index contributed by atoms with van der Waals surface area (Å²) in [5.41, 5.74) is 1.97. The summed E-state index contributed by atoms with van der Waals surface area (Å²) in [5.74, 6) is -0.780. The second-order valence-corrected chi connectivity index (χ2v) is 7.98. The van der Waals surface area contributed by atoms with Crippen molar-refractivity contribution in [3.8, 4) is 11.8 Å². The maximum atomic E-state index is 13.7. The second-order valence-electron chi connectivity index (χ2n) is 7.98. The number of esters is 1. The predicted octanol–water partition coefficient (Wildman–Crippen LogP) is 5.49. The van der Waals surface area contributed by atoms with Crippen molar-refractivity contribution < 1.29 is 13.9 Å². The van der Waals surface area contributed by atoms with E-state index in [0.29, 0.717) is 18.8 Å². The molecule has 0 atom stereocenters. The van der Waals surface area contributed by atoms with E-state index in [1.165, 1.54) is 31.4 Å². The van der Waals surface area contributed by atoms with Gasteiger partial charge in [-0.1, -0.05) is 26.2 Å². The first-order valence-corrected chi connectivity index (χ1v) is 10.8. The molecule has 0 aliphatic heterocycles. The fraction of sp³-hybridized carbons (Fsp3) is 0.500. The lowest BCUT2D eigenvalue weighted by Crippen LogP contribution is -2.25. The predicted molar refractivity (Wildman–Crippen MR) is 111 cm³/mol. The molecule has 1 aliphatic rings. The molecule has 6 heteroatoms. The van der Waals surface area contributed by atoms with Crippen molar-refractivity contribution in [1.29, 1.82) is 5.26 Å². The summed E-state index contributed by atoms with van der Waals surface area (Å²) < 4.78 is 19.0. The van der Waals surface area contributed by atoms with Gasteiger partial charge in [-0.05, 0) is 62.8 Å². The quantitative estimate of drug-likeness (QED) is 0.327. The third kappa shape index (κ3) is 5.85. The number of aryl methyl sites for hydroxylation is 1. The minimum Gasteiger partial charge on any atom is -0.426 e. The summed E-state index contributed by atoms with van der Waals surface area (Å²) in [6.45, 7) is 2.20. The maximum absolute atomic E-state index is 13.7. The van der Waals surface area contributed by atoms with Crippen LogP contribution in [0, 0.1) is 23.1 Å². The highest BCUT2D eigenvalue weighted by molar-refractivity contribution is 5.75. The van der Waals surface area contributed by atoms with Gasteiger partial charge in [0.05, 0.1) is 22.9 Å². The Morgan fingerprint density at radius 2 is 1.93 bits per heavy atom. The van der Waals surface area contributed by atoms with Crippen LogP contribution in [0.25, 0.3) is 0 Å². The molecule has 30 heavy (non-hydrogen) atoms. The Balaban J connectivity index is 1.47. The summed E-state index contributed by atoms with van der Waals surface area (Å²) in [6, 6.07) is 9.76. The Morgan fingerprint density at radius 3 is 2.57 bits per heavy atom. The van der Waals surface area contributed by atoms with Crippen LogP contribution in [-0.2, 0) is 11.2 Å². The average molecular weight is 410 g/mol. The number of unbranched alkanes of at least 4 members (excludes halogenated alkanes) is 3. The lowest BCUT2D eigenvalue weighted by Gasteiger charge is -2.26. The highest BCUT2D eigenvalue weighted by atomic mass is 19.1. The number of halogens is 1. The topological polar surface area (TPSA) is 75.9 Å². The van der Waals surface area contributed by atoms with Crippen molar-refractivity contribution in [2.45, 2.75) is 70.6 Å². The molecular weight excluding hydrogens is 381 g/mol. The van der Waals surface area contributed by atoms with Gasteiger partial charge in [-0.25, -0.2) is 4.39 Å². The zero-order chi connectivity index (χ0) is 21.3. The molecule has 0 unspecified atom stereocenters. The summed E-state index contributed by atoms with van der Waals surface area (Å²) in [5, 5.41) is 17.6. The van der Waals surface area contributed by atoms with E-state index < -0.39 is 5.82 Å². The summed E-state index contributed by atoms with van der Waals surface area (Å²) >= 11 is 0. The first-order chi connectivity index (χ1) is 14.6. The summed E-state index contributed by atoms with van der Waals surface area (Å²) in [4.78, 5) is 12.4. The summed E-state index contributed by atoms with van der Waals surface area (Å²) in [7, 11) is 0. The van der Waals surface area contributed by atoms with Crippen molar-refractivity contribution >= 4 is 5.97 Å². The standard InChI is InChI=1S/C24H28FN3O2/c1-2-3-4-5-6-20-12-14-23(28-27-20)17-7-9-18(10-8-17)24(29)30-21-13-11-19(16-26)22(25)15-21/h11-15,17-18H,2-10H2,1H3. The van der Waals surface area contributed by atoms with Gasteiger partial charge < -0.3 is 4.74 Å². The van der Waals surface area contributed by atoms with E-state index in [0.717, 1.165) is 43.1 Å². The van der Waals surface area contributed by atoms with Crippen molar-refractivity contribution in [2.75, 3.05) is 0 Å². The molecule has 0 saturated heterocycles. The number of ether oxygens (including phenoxy) is 1. The molecule has 1 aromatic heterocycles. The SMILES string of the molecule is CCCCCCc1ccc(C2CCC(C(=O)Oc3ccc(C#N)c(F)c3)CC2)nn1. The van der Waals surface area contributed by atoms with Crippen LogP contribution in [0.4, 0.5) is 4.39 Å². The van der Waals surface area contributed by atoms with Crippen LogP contribution in [0.2, 0.25) is 0 Å². The third-order valence-electron chi connectivity index (χ3n) is 5.79. The minimum absolute atomic E-state index is 0.0663. The smallest absolute Gasteiger partial charge is 0.314 e. The lowest BCUT2D eigenvalue weighted by molar-refractivity contribution is -0.140. The van der Waals surface area contributed by atoms with E-state index in [1.54, 1.807) is 6.07 Å². The zero-order valence-electron chi connectivity index (χ0n) is 17.4. The number of carbonyl (C=O) groups is 1. The van der Waals surface area contributed by atoms with Gasteiger partial charge in [-0.3, -0.25) is 4.79 Å². The highest BCUT2D eigenvalue weighted by Crippen LogP contribution is 2.35. The van der Waals surface area contributed by atoms with Gasteiger partial charge in [0, 0.05) is 12.0 Å². The van der Waals surface area contributed by atoms with Crippen LogP contribution >= 0.6 is 0 Å². The number of nitriles is 1. The maximum Gasteiger partial charge on any atom is 0.314 e. The molecule has 1 aromatic carbocycles. The Bertz CT molecular complexity index is 884. The average Bonchev–Trinajstić information content (AvgIpc) is 2.77. The van der Waals surface area contributed by atoms with Gasteiger partial charge >= 0.3 is 5.97 Å². The van der Waals surface area contributed by atoms with E-state index in [-0.39, 0.29) is 23.2 Å². The monoisotopic (exact) mass is 409 g/mol. The van der Waals surface area contributed by atoms with E-state index in [1.807, 2.05) is 0 Å². The zero-order valence-corrected chi connectivity index (χ0v) is 17.4. The van der Waals surface area contributed by atoms with Crippen molar-refractivity contribution in [1.82, 2.24) is 10.2 Å². The molecule has 5 nitrogen and oxygen atoms in total. The number of benzene rings is 1.